The van der Waals surface area contributed by atoms with Crippen LogP contribution in [0.3, 0.4) is 0 Å². The largest absolute Gasteiger partial charge is 0.370 e. The minimum atomic E-state index is -1.34. The van der Waals surface area contributed by atoms with E-state index < -0.39 is 90.1 Å². The summed E-state index contributed by atoms with van der Waals surface area (Å²) in [6.07, 6.45) is 0.405. The number of hydrogen-bond acceptors (Lipinski definition) is 14. The molecular formula is C52H61ClN12O8S2. The van der Waals surface area contributed by atoms with Gasteiger partial charge in [0.15, 0.2) is 5.82 Å². The smallest absolute Gasteiger partial charge is 0.246 e. The van der Waals surface area contributed by atoms with E-state index in [1.54, 1.807) is 41.1 Å². The van der Waals surface area contributed by atoms with Gasteiger partial charge in [-0.2, -0.15) is 0 Å². The van der Waals surface area contributed by atoms with Gasteiger partial charge in [0.2, 0.25) is 41.4 Å². The number of amides is 7. The van der Waals surface area contributed by atoms with Crippen molar-refractivity contribution in [3.05, 3.63) is 104 Å². The number of nitrogens with one attached hydrogen (secondary N) is 6. The van der Waals surface area contributed by atoms with E-state index in [0.717, 1.165) is 42.7 Å². The standard InChI is InChI=1S/C52H61ClN12O8S2/c1-27-29(3)75-51-43(27)44(32-14-16-34(53)17-15-32)59-36(47-63-62-30(4)65(47)51)22-40(67)55-23-37-48(70)54-18-20-73-25-42(69)61-46(52(5,6)7)50(72)64-19-8-9-38(64)49(71)60-35(21-39(66)56-24-41(68)58-37)31-10-12-33(13-11-31)45-28(2)57-26-74-45/h10-17,26,35-38,46H,8-9,18-25H2,1-7H3,(H,54,70)(H,55,67)(H,56,66)(H,58,68)(H,60,71)(H,61,69)/t35-,36+,37-,38+,46-/m1/s1. The van der Waals surface area contributed by atoms with Crippen LogP contribution in [0.15, 0.2) is 59.0 Å². The van der Waals surface area contributed by atoms with Crippen molar-refractivity contribution in [2.45, 2.75) is 104 Å². The first kappa shape index (κ1) is 54.4. The zero-order chi connectivity index (χ0) is 53.7. The highest BCUT2D eigenvalue weighted by molar-refractivity contribution is 7.15. The number of hydrogen-bond donors (Lipinski definition) is 6. The van der Waals surface area contributed by atoms with Gasteiger partial charge in [-0.15, -0.1) is 32.9 Å². The number of ether oxygens (including phenoxy) is 1. The third kappa shape index (κ3) is 12.6. The molecule has 5 aromatic rings. The molecule has 396 valence electrons. The first-order valence-corrected chi connectivity index (χ1v) is 26.8. The Bertz CT molecular complexity index is 3020. The normalized spacial score (nSPS) is 21.6. The second-order valence-corrected chi connectivity index (χ2v) is 22.4. The maximum atomic E-state index is 14.3. The first-order chi connectivity index (χ1) is 35.8. The van der Waals surface area contributed by atoms with Gasteiger partial charge in [-0.1, -0.05) is 68.8 Å². The van der Waals surface area contributed by atoms with Crippen molar-refractivity contribution < 1.29 is 38.3 Å². The molecule has 5 atom stereocenters. The van der Waals surface area contributed by atoms with Gasteiger partial charge >= 0.3 is 0 Å². The van der Waals surface area contributed by atoms with Crippen molar-refractivity contribution in [2.24, 2.45) is 10.4 Å². The summed E-state index contributed by atoms with van der Waals surface area (Å²) < 4.78 is 7.52. The number of thiophene rings is 1. The molecule has 0 aliphatic carbocycles. The van der Waals surface area contributed by atoms with E-state index in [9.17, 15) is 33.6 Å². The van der Waals surface area contributed by atoms with E-state index in [4.69, 9.17) is 21.3 Å². The molecule has 0 saturated carbocycles. The molecule has 6 heterocycles. The van der Waals surface area contributed by atoms with Crippen LogP contribution in [0.5, 0.6) is 0 Å². The first-order valence-electron chi connectivity index (χ1n) is 24.7. The minimum Gasteiger partial charge on any atom is -0.370 e. The Morgan fingerprint density at radius 1 is 0.880 bits per heavy atom. The second-order valence-electron chi connectivity index (χ2n) is 19.9. The van der Waals surface area contributed by atoms with Gasteiger partial charge in [0.1, 0.15) is 41.6 Å². The highest BCUT2D eigenvalue weighted by Gasteiger charge is 2.43. The van der Waals surface area contributed by atoms with E-state index in [1.807, 2.05) is 77.3 Å². The van der Waals surface area contributed by atoms with Gasteiger partial charge in [0, 0.05) is 40.7 Å². The van der Waals surface area contributed by atoms with E-state index in [-0.39, 0.29) is 39.1 Å². The van der Waals surface area contributed by atoms with Gasteiger partial charge in [-0.05, 0) is 74.8 Å². The molecule has 20 nitrogen and oxygen atoms in total. The molecule has 75 heavy (non-hydrogen) atoms. The summed E-state index contributed by atoms with van der Waals surface area (Å²) in [5.41, 5.74) is 6.69. The van der Waals surface area contributed by atoms with E-state index in [2.05, 4.69) is 47.1 Å². The molecule has 0 radical (unpaired) electrons. The molecule has 2 aromatic carbocycles. The minimum absolute atomic E-state index is 0.0934. The SMILES string of the molecule is Cc1ncsc1-c1ccc([C@H]2CC(=O)NCC(=O)N[C@H](CNC(=O)C[C@@H]3N=C(c4ccc(Cl)cc4)c4c(sc(C)c4C)-n4c(C)nnc43)C(=O)NCCOCC(=O)N[C@@H](C(C)(C)C)C(=O)N3CCC[C@H]3C(=O)N2)cc1. The number of aryl methyl sites for hydroxylation is 3. The third-order valence-corrected chi connectivity index (χ3v) is 15.8. The predicted octanol–water partition coefficient (Wildman–Crippen LogP) is 4.25. The van der Waals surface area contributed by atoms with E-state index in [1.165, 1.54) is 16.2 Å². The summed E-state index contributed by atoms with van der Waals surface area (Å²) in [7, 11) is 0. The molecule has 2 fully saturated rings. The van der Waals surface area contributed by atoms with Crippen LogP contribution >= 0.6 is 34.3 Å². The molecule has 6 N–H and O–H groups in total. The van der Waals surface area contributed by atoms with Crippen molar-refractivity contribution in [1.82, 2.24) is 56.5 Å². The number of nitrogens with zero attached hydrogens (tertiary/aromatic N) is 6. The fourth-order valence-corrected chi connectivity index (χ4v) is 11.5. The highest BCUT2D eigenvalue weighted by Crippen LogP contribution is 2.40. The quantitative estimate of drug-likeness (QED) is 0.134. The lowest BCUT2D eigenvalue weighted by Gasteiger charge is -2.35. The maximum absolute atomic E-state index is 14.3. The molecule has 0 spiro atoms. The van der Waals surface area contributed by atoms with Crippen molar-refractivity contribution >= 4 is 81.3 Å². The Labute approximate surface area is 447 Å². The Kier molecular flexibility index (Phi) is 16.9. The Hall–Kier alpha value is -6.88. The van der Waals surface area contributed by atoms with Crippen LogP contribution in [0, 0.1) is 33.1 Å². The summed E-state index contributed by atoms with van der Waals surface area (Å²) in [5.74, 6) is -2.98. The van der Waals surface area contributed by atoms with Crippen molar-refractivity contribution in [1.29, 1.82) is 0 Å². The molecule has 0 unspecified atom stereocenters. The van der Waals surface area contributed by atoms with Crippen LogP contribution < -0.4 is 31.9 Å². The Balaban J connectivity index is 1.02. The van der Waals surface area contributed by atoms with Crippen LogP contribution in [0.4, 0.5) is 0 Å². The molecular weight excluding hydrogens is 1020 g/mol. The zero-order valence-corrected chi connectivity index (χ0v) is 45.2. The molecule has 3 aromatic heterocycles. The number of rotatable bonds is 7. The van der Waals surface area contributed by atoms with Gasteiger partial charge in [0.25, 0.3) is 0 Å². The fraction of sp³-hybridized carbons (Fsp3) is 0.442. The molecule has 0 bridgehead atoms. The number of carbonyl (C=O) groups is 7. The molecule has 3 aliphatic rings. The number of benzene rings is 2. The Morgan fingerprint density at radius 2 is 1.61 bits per heavy atom. The molecule has 3 aliphatic heterocycles. The number of thiazole rings is 1. The van der Waals surface area contributed by atoms with Crippen LogP contribution in [-0.4, -0.2) is 129 Å². The van der Waals surface area contributed by atoms with Crippen molar-refractivity contribution in [2.75, 3.05) is 39.4 Å². The fourth-order valence-electron chi connectivity index (χ4n) is 9.31. The van der Waals surface area contributed by atoms with Crippen LogP contribution in [0.1, 0.15) is 103 Å². The lowest BCUT2D eigenvalue weighted by molar-refractivity contribution is -0.144. The van der Waals surface area contributed by atoms with Crippen LogP contribution in [0.2, 0.25) is 5.02 Å². The van der Waals surface area contributed by atoms with Crippen LogP contribution in [0.25, 0.3) is 15.4 Å². The number of aliphatic imine (C=N–C) groups is 1. The predicted molar refractivity (Wildman–Crippen MR) is 284 cm³/mol. The number of carbonyl (C=O) groups excluding carboxylic acids is 7. The van der Waals surface area contributed by atoms with E-state index in [0.29, 0.717) is 40.8 Å². The summed E-state index contributed by atoms with van der Waals surface area (Å²) >= 11 is 9.34. The van der Waals surface area contributed by atoms with Crippen molar-refractivity contribution in [3.63, 3.8) is 0 Å². The summed E-state index contributed by atoms with van der Waals surface area (Å²) in [5, 5.41) is 26.8. The monoisotopic (exact) mass is 1080 g/mol. The molecule has 8 rings (SSSR count). The average Bonchev–Trinajstić information content (AvgIpc) is 4.17. The van der Waals surface area contributed by atoms with Crippen molar-refractivity contribution in [3.8, 4) is 15.4 Å². The van der Waals surface area contributed by atoms with Gasteiger partial charge < -0.3 is 41.5 Å². The van der Waals surface area contributed by atoms with Gasteiger partial charge in [-0.3, -0.25) is 43.1 Å². The highest BCUT2D eigenvalue weighted by atomic mass is 35.5. The molecule has 7 amide bonds. The topological polar surface area (TPSA) is 260 Å². The Morgan fingerprint density at radius 3 is 2.32 bits per heavy atom. The molecule has 2 saturated heterocycles. The number of fused-ring (bicyclic) bond motifs is 4. The number of halogens is 1. The van der Waals surface area contributed by atoms with E-state index >= 15 is 0 Å². The lowest BCUT2D eigenvalue weighted by Crippen LogP contribution is -2.58. The maximum Gasteiger partial charge on any atom is 0.246 e. The molecule has 23 heteroatoms. The number of aromatic nitrogens is 4. The second kappa shape index (κ2) is 23.3. The summed E-state index contributed by atoms with van der Waals surface area (Å²) in [6.45, 7) is 11.9. The summed E-state index contributed by atoms with van der Waals surface area (Å²) in [4.78, 5) is 110. The van der Waals surface area contributed by atoms with Gasteiger partial charge in [-0.25, -0.2) is 4.98 Å². The average molecular weight is 1080 g/mol. The van der Waals surface area contributed by atoms with Gasteiger partial charge in [0.05, 0.1) is 53.8 Å². The van der Waals surface area contributed by atoms with Crippen LogP contribution in [-0.2, 0) is 38.3 Å². The zero-order valence-electron chi connectivity index (χ0n) is 42.8. The lowest BCUT2D eigenvalue weighted by atomic mass is 9.85. The summed E-state index contributed by atoms with van der Waals surface area (Å²) in [6, 6.07) is 9.69. The third-order valence-electron chi connectivity index (χ3n) is 13.4.